The average molecular weight is 274 g/mol. The minimum atomic E-state index is -0.389. The predicted molar refractivity (Wildman–Crippen MR) is 75.5 cm³/mol. The van der Waals surface area contributed by atoms with E-state index in [1.807, 2.05) is 20.8 Å². The Hall–Kier alpha value is -1.95. The van der Waals surface area contributed by atoms with Gasteiger partial charge in [-0.1, -0.05) is 6.92 Å². The van der Waals surface area contributed by atoms with Gasteiger partial charge >= 0.3 is 0 Å². The van der Waals surface area contributed by atoms with Gasteiger partial charge in [-0.2, -0.15) is 0 Å². The van der Waals surface area contributed by atoms with Crippen LogP contribution in [0.15, 0.2) is 6.33 Å². The molecule has 1 aliphatic rings. The van der Waals surface area contributed by atoms with Gasteiger partial charge in [0.1, 0.15) is 23.9 Å². The number of amides is 1. The van der Waals surface area contributed by atoms with Gasteiger partial charge in [0.2, 0.25) is 0 Å². The van der Waals surface area contributed by atoms with Crippen LogP contribution in [0.4, 0.5) is 5.82 Å². The highest BCUT2D eigenvalue weighted by Gasteiger charge is 2.31. The highest BCUT2D eigenvalue weighted by molar-refractivity contribution is 6.02. The number of carbonyl (C=O) groups excluding carboxylic acids is 1. The standard InChI is InChI=1S/C14H18N4O2/c1-7-4-5-20-11(7)14(19)18-13-10-8(2)9(3)17-12(10)15-6-16-13/h6-7,11H,4-5H2,1-3H3,(H2,15,16,17,18,19)/t7-,11+/m1/s1. The van der Waals surface area contributed by atoms with Crippen LogP contribution >= 0.6 is 0 Å². The lowest BCUT2D eigenvalue weighted by atomic mass is 10.0. The van der Waals surface area contributed by atoms with E-state index in [1.165, 1.54) is 6.33 Å². The van der Waals surface area contributed by atoms with E-state index >= 15 is 0 Å². The molecule has 3 rings (SSSR count). The number of H-pyrrole nitrogens is 1. The summed E-state index contributed by atoms with van der Waals surface area (Å²) in [6.07, 6.45) is 1.98. The molecule has 2 aromatic rings. The smallest absolute Gasteiger partial charge is 0.254 e. The summed E-state index contributed by atoms with van der Waals surface area (Å²) in [7, 11) is 0. The average Bonchev–Trinajstić information content (AvgIpc) is 2.95. The Bertz CT molecular complexity index is 664. The number of ether oxygens (including phenoxy) is 1. The van der Waals surface area contributed by atoms with Crippen molar-refractivity contribution in [2.75, 3.05) is 11.9 Å². The largest absolute Gasteiger partial charge is 0.368 e. The van der Waals surface area contributed by atoms with Crippen molar-refractivity contribution in [2.24, 2.45) is 5.92 Å². The number of nitrogens with one attached hydrogen (secondary N) is 2. The number of hydrogen-bond acceptors (Lipinski definition) is 4. The molecular weight excluding hydrogens is 256 g/mol. The van der Waals surface area contributed by atoms with Crippen LogP contribution in [-0.4, -0.2) is 33.6 Å². The third-order valence-electron chi connectivity index (χ3n) is 3.98. The molecule has 2 N–H and O–H groups in total. The number of aryl methyl sites for hydroxylation is 2. The number of aromatic amines is 1. The number of aromatic nitrogens is 3. The summed E-state index contributed by atoms with van der Waals surface area (Å²) in [5, 5.41) is 3.74. The maximum Gasteiger partial charge on any atom is 0.254 e. The van der Waals surface area contributed by atoms with Crippen molar-refractivity contribution in [1.82, 2.24) is 15.0 Å². The molecule has 0 aliphatic carbocycles. The highest BCUT2D eigenvalue weighted by Crippen LogP contribution is 2.27. The fourth-order valence-electron chi connectivity index (χ4n) is 2.61. The molecule has 1 saturated heterocycles. The lowest BCUT2D eigenvalue weighted by Gasteiger charge is -2.14. The van der Waals surface area contributed by atoms with Gasteiger partial charge in [-0.25, -0.2) is 9.97 Å². The first kappa shape index (κ1) is 13.1. The van der Waals surface area contributed by atoms with Crippen LogP contribution in [0.25, 0.3) is 11.0 Å². The summed E-state index contributed by atoms with van der Waals surface area (Å²) in [6.45, 7) is 6.63. The van der Waals surface area contributed by atoms with Crippen molar-refractivity contribution in [3.8, 4) is 0 Å². The fraction of sp³-hybridized carbons (Fsp3) is 0.500. The SMILES string of the molecule is Cc1[nH]c2ncnc(NC(=O)[C@H]3OCC[C@H]3C)c2c1C. The van der Waals surface area contributed by atoms with Crippen LogP contribution in [0.2, 0.25) is 0 Å². The van der Waals surface area contributed by atoms with Gasteiger partial charge in [-0.3, -0.25) is 4.79 Å². The first-order valence-corrected chi connectivity index (χ1v) is 6.80. The third-order valence-corrected chi connectivity index (χ3v) is 3.98. The summed E-state index contributed by atoms with van der Waals surface area (Å²) in [4.78, 5) is 23.9. The van der Waals surface area contributed by atoms with E-state index in [4.69, 9.17) is 4.74 Å². The fourth-order valence-corrected chi connectivity index (χ4v) is 2.61. The zero-order valence-electron chi connectivity index (χ0n) is 11.9. The maximum absolute atomic E-state index is 12.3. The summed E-state index contributed by atoms with van der Waals surface area (Å²) in [5.41, 5.74) is 2.82. The molecular formula is C14H18N4O2. The molecule has 20 heavy (non-hydrogen) atoms. The number of carbonyl (C=O) groups is 1. The van der Waals surface area contributed by atoms with Crippen LogP contribution in [0.1, 0.15) is 24.6 Å². The molecule has 1 aliphatic heterocycles. The van der Waals surface area contributed by atoms with Gasteiger partial charge < -0.3 is 15.0 Å². The van der Waals surface area contributed by atoms with Gasteiger partial charge in [-0.15, -0.1) is 0 Å². The Morgan fingerprint density at radius 3 is 2.95 bits per heavy atom. The predicted octanol–water partition coefficient (Wildman–Crippen LogP) is 1.94. The monoisotopic (exact) mass is 274 g/mol. The molecule has 1 amide bonds. The van der Waals surface area contributed by atoms with Crippen LogP contribution < -0.4 is 5.32 Å². The minimum Gasteiger partial charge on any atom is -0.368 e. The summed E-state index contributed by atoms with van der Waals surface area (Å²) in [5.74, 6) is 0.652. The van der Waals surface area contributed by atoms with Crippen LogP contribution in [0.5, 0.6) is 0 Å². The van der Waals surface area contributed by atoms with Crippen molar-refractivity contribution < 1.29 is 9.53 Å². The summed E-state index contributed by atoms with van der Waals surface area (Å²) >= 11 is 0. The molecule has 6 heteroatoms. The van der Waals surface area contributed by atoms with E-state index in [0.29, 0.717) is 12.4 Å². The molecule has 0 radical (unpaired) electrons. The number of fused-ring (bicyclic) bond motifs is 1. The van der Waals surface area contributed by atoms with E-state index in [2.05, 4.69) is 20.3 Å². The molecule has 0 saturated carbocycles. The molecule has 0 spiro atoms. The number of anilines is 1. The Labute approximate surface area is 117 Å². The zero-order valence-corrected chi connectivity index (χ0v) is 11.9. The lowest BCUT2D eigenvalue weighted by molar-refractivity contribution is -0.126. The van der Waals surface area contributed by atoms with Gasteiger partial charge in [-0.05, 0) is 31.7 Å². The number of rotatable bonds is 2. The highest BCUT2D eigenvalue weighted by atomic mass is 16.5. The van der Waals surface area contributed by atoms with Crippen molar-refractivity contribution in [1.29, 1.82) is 0 Å². The van der Waals surface area contributed by atoms with Gasteiger partial charge in [0.15, 0.2) is 0 Å². The Balaban J connectivity index is 1.93. The third kappa shape index (κ3) is 2.06. The summed E-state index contributed by atoms with van der Waals surface area (Å²) in [6, 6.07) is 0. The van der Waals surface area contributed by atoms with Gasteiger partial charge in [0.05, 0.1) is 5.39 Å². The first-order valence-electron chi connectivity index (χ1n) is 6.80. The van der Waals surface area contributed by atoms with Crippen molar-refractivity contribution >= 4 is 22.8 Å². The van der Waals surface area contributed by atoms with Crippen molar-refractivity contribution in [3.05, 3.63) is 17.6 Å². The lowest BCUT2D eigenvalue weighted by Crippen LogP contribution is -2.31. The Morgan fingerprint density at radius 2 is 2.25 bits per heavy atom. The molecule has 6 nitrogen and oxygen atoms in total. The van der Waals surface area contributed by atoms with Gasteiger partial charge in [0, 0.05) is 12.3 Å². The van der Waals surface area contributed by atoms with Crippen molar-refractivity contribution in [3.63, 3.8) is 0 Å². The molecule has 3 heterocycles. The van der Waals surface area contributed by atoms with Crippen LogP contribution in [-0.2, 0) is 9.53 Å². The van der Waals surface area contributed by atoms with E-state index in [-0.39, 0.29) is 17.9 Å². The quantitative estimate of drug-likeness (QED) is 0.877. The number of hydrogen-bond donors (Lipinski definition) is 2. The van der Waals surface area contributed by atoms with E-state index in [9.17, 15) is 4.79 Å². The topological polar surface area (TPSA) is 79.9 Å². The Kier molecular flexibility index (Phi) is 3.17. The molecule has 2 atom stereocenters. The molecule has 106 valence electrons. The maximum atomic E-state index is 12.3. The van der Waals surface area contributed by atoms with Crippen LogP contribution in [0.3, 0.4) is 0 Å². The second kappa shape index (κ2) is 4.86. The zero-order chi connectivity index (χ0) is 14.3. The first-order chi connectivity index (χ1) is 9.58. The summed E-state index contributed by atoms with van der Waals surface area (Å²) < 4.78 is 5.48. The number of nitrogens with zero attached hydrogens (tertiary/aromatic N) is 2. The molecule has 1 fully saturated rings. The van der Waals surface area contributed by atoms with Crippen LogP contribution in [0, 0.1) is 19.8 Å². The van der Waals surface area contributed by atoms with Crippen molar-refractivity contribution in [2.45, 2.75) is 33.3 Å². The molecule has 0 aromatic carbocycles. The van der Waals surface area contributed by atoms with Gasteiger partial charge in [0.25, 0.3) is 5.91 Å². The van der Waals surface area contributed by atoms with E-state index < -0.39 is 0 Å². The second-order valence-electron chi connectivity index (χ2n) is 5.37. The molecule has 2 aromatic heterocycles. The molecule has 0 bridgehead atoms. The Morgan fingerprint density at radius 1 is 1.45 bits per heavy atom. The van der Waals surface area contributed by atoms with E-state index in [1.54, 1.807) is 0 Å². The minimum absolute atomic E-state index is 0.131. The normalized spacial score (nSPS) is 22.4. The molecule has 0 unspecified atom stereocenters. The second-order valence-corrected chi connectivity index (χ2v) is 5.37. The van der Waals surface area contributed by atoms with E-state index in [0.717, 1.165) is 28.7 Å².